The maximum absolute atomic E-state index is 11.5. The van der Waals surface area contributed by atoms with E-state index >= 15 is 0 Å². The van der Waals surface area contributed by atoms with E-state index in [4.69, 9.17) is 11.5 Å². The van der Waals surface area contributed by atoms with Crippen LogP contribution in [0.15, 0.2) is 0 Å². The largest absolute Gasteiger partial charge is 0.370 e. The second kappa shape index (κ2) is 7.30. The molecule has 18 heavy (non-hydrogen) atoms. The molecule has 1 fully saturated rings. The summed E-state index contributed by atoms with van der Waals surface area (Å²) in [5.41, 5.74) is 10.5. The molecule has 0 unspecified atom stereocenters. The van der Waals surface area contributed by atoms with E-state index in [1.807, 2.05) is 0 Å². The molecule has 104 valence electrons. The molecule has 0 aromatic rings. The summed E-state index contributed by atoms with van der Waals surface area (Å²) in [7, 11) is 2.10. The molecule has 5 N–H and O–H groups in total. The lowest BCUT2D eigenvalue weighted by atomic mass is 10.2. The number of rotatable bonds is 6. The minimum absolute atomic E-state index is 0.111. The van der Waals surface area contributed by atoms with Crippen LogP contribution in [-0.2, 0) is 9.59 Å². The molecule has 0 saturated carbocycles. The molecule has 1 atom stereocenters. The van der Waals surface area contributed by atoms with E-state index in [1.165, 1.54) is 0 Å². The summed E-state index contributed by atoms with van der Waals surface area (Å²) >= 11 is 0. The molecule has 0 radical (unpaired) electrons. The van der Waals surface area contributed by atoms with Crippen LogP contribution < -0.4 is 16.8 Å². The Bertz CT molecular complexity index is 289. The van der Waals surface area contributed by atoms with Crippen LogP contribution in [0.1, 0.15) is 6.42 Å². The first kappa shape index (κ1) is 14.9. The first-order valence-corrected chi connectivity index (χ1v) is 6.21. The Balaban J connectivity index is 2.13. The third-order valence-corrected chi connectivity index (χ3v) is 3.08. The van der Waals surface area contributed by atoms with Crippen LogP contribution in [0.2, 0.25) is 0 Å². The minimum Gasteiger partial charge on any atom is -0.370 e. The number of piperazine rings is 1. The number of hydrogen-bond acceptors (Lipinski definition) is 5. The summed E-state index contributed by atoms with van der Waals surface area (Å²) in [6, 6.07) is -0.838. The van der Waals surface area contributed by atoms with Crippen molar-refractivity contribution in [3.63, 3.8) is 0 Å². The third-order valence-electron chi connectivity index (χ3n) is 3.08. The fourth-order valence-corrected chi connectivity index (χ4v) is 1.85. The number of nitrogens with zero attached hydrogens (tertiary/aromatic N) is 2. The monoisotopic (exact) mass is 257 g/mol. The first-order valence-electron chi connectivity index (χ1n) is 6.21. The van der Waals surface area contributed by atoms with E-state index in [0.29, 0.717) is 6.54 Å². The summed E-state index contributed by atoms with van der Waals surface area (Å²) in [4.78, 5) is 26.7. The van der Waals surface area contributed by atoms with Crippen LogP contribution in [0.25, 0.3) is 0 Å². The average molecular weight is 257 g/mol. The van der Waals surface area contributed by atoms with Crippen molar-refractivity contribution in [1.82, 2.24) is 15.1 Å². The van der Waals surface area contributed by atoms with Crippen LogP contribution in [0, 0.1) is 0 Å². The normalized spacial score (nSPS) is 19.4. The van der Waals surface area contributed by atoms with Crippen molar-refractivity contribution in [3.8, 4) is 0 Å². The van der Waals surface area contributed by atoms with Crippen LogP contribution >= 0.6 is 0 Å². The molecule has 7 heteroatoms. The highest BCUT2D eigenvalue weighted by Crippen LogP contribution is 1.97. The number of primary amides is 1. The fourth-order valence-electron chi connectivity index (χ4n) is 1.85. The van der Waals surface area contributed by atoms with Crippen molar-refractivity contribution in [3.05, 3.63) is 0 Å². The lowest BCUT2D eigenvalue weighted by Crippen LogP contribution is -2.49. The minimum atomic E-state index is -0.838. The van der Waals surface area contributed by atoms with E-state index in [-0.39, 0.29) is 12.3 Å². The number of likely N-dealkylation sites (N-methyl/N-ethyl adjacent to an activating group) is 1. The van der Waals surface area contributed by atoms with Gasteiger partial charge in [0.25, 0.3) is 0 Å². The third kappa shape index (κ3) is 5.44. The van der Waals surface area contributed by atoms with Gasteiger partial charge in [-0.25, -0.2) is 0 Å². The summed E-state index contributed by atoms with van der Waals surface area (Å²) in [5, 5.41) is 2.72. The molecule has 1 heterocycles. The van der Waals surface area contributed by atoms with Gasteiger partial charge in [0.15, 0.2) is 0 Å². The quantitative estimate of drug-likeness (QED) is 0.490. The van der Waals surface area contributed by atoms with Gasteiger partial charge >= 0.3 is 0 Å². The summed E-state index contributed by atoms with van der Waals surface area (Å²) in [6.07, 6.45) is -0.111. The predicted molar refractivity (Wildman–Crippen MR) is 68.7 cm³/mol. The molecular weight excluding hydrogens is 234 g/mol. The van der Waals surface area contributed by atoms with Gasteiger partial charge in [-0.15, -0.1) is 0 Å². The molecule has 0 spiro atoms. The maximum Gasteiger partial charge on any atom is 0.237 e. The Morgan fingerprint density at radius 2 is 1.89 bits per heavy atom. The Morgan fingerprint density at radius 1 is 1.28 bits per heavy atom. The van der Waals surface area contributed by atoms with Crippen molar-refractivity contribution in [2.75, 3.05) is 46.3 Å². The predicted octanol–water partition coefficient (Wildman–Crippen LogP) is -2.45. The topological polar surface area (TPSA) is 105 Å². The fraction of sp³-hybridized carbons (Fsp3) is 0.818. The Hall–Kier alpha value is -1.18. The molecule has 0 aliphatic carbocycles. The molecule has 7 nitrogen and oxygen atoms in total. The van der Waals surface area contributed by atoms with E-state index in [9.17, 15) is 9.59 Å². The average Bonchev–Trinajstić information content (AvgIpc) is 2.30. The molecular formula is C11H23N5O2. The van der Waals surface area contributed by atoms with Crippen molar-refractivity contribution in [2.45, 2.75) is 12.5 Å². The first-order chi connectivity index (χ1) is 8.49. The van der Waals surface area contributed by atoms with Crippen LogP contribution in [0.4, 0.5) is 0 Å². The highest BCUT2D eigenvalue weighted by atomic mass is 16.2. The number of nitrogens with one attached hydrogen (secondary N) is 1. The maximum atomic E-state index is 11.5. The summed E-state index contributed by atoms with van der Waals surface area (Å²) < 4.78 is 0. The zero-order chi connectivity index (χ0) is 13.5. The SMILES string of the molecule is CN1CCN(CCNC(=O)[C@H](N)CC(N)=O)CC1. The van der Waals surface area contributed by atoms with E-state index in [0.717, 1.165) is 32.7 Å². The van der Waals surface area contributed by atoms with Gasteiger partial charge in [-0.3, -0.25) is 14.5 Å². The van der Waals surface area contributed by atoms with Crippen LogP contribution in [0.3, 0.4) is 0 Å². The summed E-state index contributed by atoms with van der Waals surface area (Å²) in [6.45, 7) is 5.49. The summed E-state index contributed by atoms with van der Waals surface area (Å²) in [5.74, 6) is -0.875. The van der Waals surface area contributed by atoms with E-state index in [1.54, 1.807) is 0 Å². The molecule has 1 aliphatic heterocycles. The highest BCUT2D eigenvalue weighted by molar-refractivity contribution is 5.87. The van der Waals surface area contributed by atoms with Crippen molar-refractivity contribution < 1.29 is 9.59 Å². The molecule has 1 rings (SSSR count). The van der Waals surface area contributed by atoms with Gasteiger partial charge in [-0.05, 0) is 7.05 Å². The van der Waals surface area contributed by atoms with Gasteiger partial charge in [0, 0.05) is 39.3 Å². The molecule has 0 aromatic carbocycles. The van der Waals surface area contributed by atoms with Gasteiger partial charge in [-0.2, -0.15) is 0 Å². The lowest BCUT2D eigenvalue weighted by Gasteiger charge is -2.32. The standard InChI is InChI=1S/C11H23N5O2/c1-15-4-6-16(7-5-15)3-2-14-11(18)9(12)8-10(13)17/h9H,2-8,12H2,1H3,(H2,13,17)(H,14,18)/t9-/m1/s1. The van der Waals surface area contributed by atoms with Crippen LogP contribution in [0.5, 0.6) is 0 Å². The molecule has 0 aromatic heterocycles. The second-order valence-electron chi connectivity index (χ2n) is 4.71. The van der Waals surface area contributed by atoms with E-state index in [2.05, 4.69) is 22.2 Å². The van der Waals surface area contributed by atoms with Gasteiger partial charge in [0.1, 0.15) is 0 Å². The number of nitrogens with two attached hydrogens (primary N) is 2. The second-order valence-corrected chi connectivity index (χ2v) is 4.71. The van der Waals surface area contributed by atoms with Gasteiger partial charge in [-0.1, -0.05) is 0 Å². The molecule has 1 aliphatic rings. The highest BCUT2D eigenvalue weighted by Gasteiger charge is 2.17. The van der Waals surface area contributed by atoms with Gasteiger partial charge in [0.05, 0.1) is 12.5 Å². The Labute approximate surface area is 107 Å². The van der Waals surface area contributed by atoms with Crippen molar-refractivity contribution >= 4 is 11.8 Å². The smallest absolute Gasteiger partial charge is 0.237 e. The number of carbonyl (C=O) groups is 2. The van der Waals surface area contributed by atoms with Gasteiger partial charge in [0.2, 0.25) is 11.8 Å². The van der Waals surface area contributed by atoms with Crippen molar-refractivity contribution in [2.24, 2.45) is 11.5 Å². The zero-order valence-corrected chi connectivity index (χ0v) is 10.9. The van der Waals surface area contributed by atoms with E-state index < -0.39 is 11.9 Å². The molecule has 1 saturated heterocycles. The molecule has 0 bridgehead atoms. The molecule has 2 amide bonds. The van der Waals surface area contributed by atoms with Crippen LogP contribution in [-0.4, -0.2) is 74.0 Å². The number of hydrogen-bond donors (Lipinski definition) is 3. The Morgan fingerprint density at radius 3 is 2.44 bits per heavy atom. The Kier molecular flexibility index (Phi) is 6.03. The number of amides is 2. The number of carbonyl (C=O) groups excluding carboxylic acids is 2. The van der Waals surface area contributed by atoms with Crippen molar-refractivity contribution in [1.29, 1.82) is 0 Å². The zero-order valence-electron chi connectivity index (χ0n) is 10.9. The lowest BCUT2D eigenvalue weighted by molar-refractivity contribution is -0.126. The van der Waals surface area contributed by atoms with Gasteiger partial charge < -0.3 is 21.7 Å².